The summed E-state index contributed by atoms with van der Waals surface area (Å²) in [4.78, 5) is 36.2. The second kappa shape index (κ2) is 6.62. The van der Waals surface area contributed by atoms with Crippen molar-refractivity contribution in [2.45, 2.75) is 38.8 Å². The lowest BCUT2D eigenvalue weighted by molar-refractivity contribution is -0.130. The highest BCUT2D eigenvalue weighted by atomic mass is 16.2. The average Bonchev–Trinajstić information content (AvgIpc) is 2.90. The minimum absolute atomic E-state index is 0.0665. The van der Waals surface area contributed by atoms with Gasteiger partial charge in [-0.05, 0) is 19.8 Å². The lowest BCUT2D eigenvalue weighted by Crippen LogP contribution is -2.45. The maximum absolute atomic E-state index is 12.1. The van der Waals surface area contributed by atoms with Gasteiger partial charge in [-0.1, -0.05) is 0 Å². The summed E-state index contributed by atoms with van der Waals surface area (Å²) in [5.74, 6) is -0.615. The number of nitrogens with two attached hydrogens (primary N) is 1. The number of aromatic nitrogens is 2. The second-order valence-corrected chi connectivity index (χ2v) is 6.51. The van der Waals surface area contributed by atoms with E-state index in [4.69, 9.17) is 5.73 Å². The van der Waals surface area contributed by atoms with Gasteiger partial charge in [-0.2, -0.15) is 0 Å². The van der Waals surface area contributed by atoms with E-state index in [0.29, 0.717) is 6.54 Å². The number of hydrogen-bond acceptors (Lipinski definition) is 5. The maximum atomic E-state index is 12.1. The van der Waals surface area contributed by atoms with Crippen LogP contribution in [0.3, 0.4) is 0 Å². The lowest BCUT2D eigenvalue weighted by Gasteiger charge is -2.36. The van der Waals surface area contributed by atoms with E-state index in [1.807, 2.05) is 11.8 Å². The van der Waals surface area contributed by atoms with Crippen molar-refractivity contribution in [2.24, 2.45) is 11.7 Å². The van der Waals surface area contributed by atoms with Crippen molar-refractivity contribution in [3.63, 3.8) is 0 Å². The highest BCUT2D eigenvalue weighted by Gasteiger charge is 2.37. The summed E-state index contributed by atoms with van der Waals surface area (Å²) in [5.41, 5.74) is 7.24. The van der Waals surface area contributed by atoms with Crippen LogP contribution in [0.1, 0.15) is 30.7 Å². The molecule has 0 aliphatic carbocycles. The Kier molecular flexibility index (Phi) is 4.56. The van der Waals surface area contributed by atoms with Gasteiger partial charge in [0.25, 0.3) is 0 Å². The van der Waals surface area contributed by atoms with Gasteiger partial charge in [-0.15, -0.1) is 0 Å². The van der Waals surface area contributed by atoms with Crippen LogP contribution in [0.2, 0.25) is 0 Å². The van der Waals surface area contributed by atoms with Crippen LogP contribution in [0.15, 0.2) is 12.4 Å². The summed E-state index contributed by atoms with van der Waals surface area (Å²) in [5, 5.41) is 0. The first-order valence-electron chi connectivity index (χ1n) is 8.11. The number of nitrogens with zero attached hydrogens (tertiary/aromatic N) is 4. The van der Waals surface area contributed by atoms with Gasteiger partial charge in [0.05, 0.1) is 17.3 Å². The standard InChI is InChI=1S/C16H23N5O2/c1-11-7-18-8-13(19-11)10-20-4-2-14(3-5-20)21-9-12(16(17)23)6-15(21)22/h7-8,12,14H,2-6,9-10H2,1H3,(H2,17,23). The highest BCUT2D eigenvalue weighted by molar-refractivity contribution is 5.88. The molecule has 0 saturated carbocycles. The third-order valence-corrected chi connectivity index (χ3v) is 4.75. The van der Waals surface area contributed by atoms with Crippen LogP contribution in [-0.2, 0) is 16.1 Å². The van der Waals surface area contributed by atoms with Crippen LogP contribution < -0.4 is 5.73 Å². The van der Waals surface area contributed by atoms with Crippen LogP contribution in [0, 0.1) is 12.8 Å². The molecule has 2 N–H and O–H groups in total. The minimum Gasteiger partial charge on any atom is -0.369 e. The van der Waals surface area contributed by atoms with E-state index in [2.05, 4.69) is 14.9 Å². The van der Waals surface area contributed by atoms with Crippen molar-refractivity contribution in [3.05, 3.63) is 23.8 Å². The van der Waals surface area contributed by atoms with Crippen LogP contribution in [-0.4, -0.2) is 57.3 Å². The minimum atomic E-state index is -0.365. The third kappa shape index (κ3) is 3.67. The number of aryl methyl sites for hydroxylation is 1. The summed E-state index contributed by atoms with van der Waals surface area (Å²) in [7, 11) is 0. The van der Waals surface area contributed by atoms with E-state index in [9.17, 15) is 9.59 Å². The zero-order chi connectivity index (χ0) is 16.4. The molecule has 2 saturated heterocycles. The Bertz CT molecular complexity index is 598. The molecule has 2 fully saturated rings. The van der Waals surface area contributed by atoms with Gasteiger partial charge in [-0.25, -0.2) is 0 Å². The van der Waals surface area contributed by atoms with Crippen molar-refractivity contribution in [1.82, 2.24) is 19.8 Å². The van der Waals surface area contributed by atoms with Crippen LogP contribution in [0.4, 0.5) is 0 Å². The van der Waals surface area contributed by atoms with E-state index in [0.717, 1.165) is 43.9 Å². The number of carbonyl (C=O) groups excluding carboxylic acids is 2. The molecule has 0 spiro atoms. The first-order chi connectivity index (χ1) is 11.0. The van der Waals surface area contributed by atoms with Gasteiger partial charge < -0.3 is 10.6 Å². The topological polar surface area (TPSA) is 92.4 Å². The smallest absolute Gasteiger partial charge is 0.223 e. The molecule has 0 bridgehead atoms. The quantitative estimate of drug-likeness (QED) is 0.849. The zero-order valence-corrected chi connectivity index (χ0v) is 13.4. The fourth-order valence-electron chi connectivity index (χ4n) is 3.48. The van der Waals surface area contributed by atoms with Gasteiger partial charge in [0.2, 0.25) is 11.8 Å². The van der Waals surface area contributed by atoms with E-state index >= 15 is 0 Å². The molecule has 1 aromatic rings. The van der Waals surface area contributed by atoms with E-state index in [-0.39, 0.29) is 30.2 Å². The summed E-state index contributed by atoms with van der Waals surface area (Å²) in [6, 6.07) is 0.228. The largest absolute Gasteiger partial charge is 0.369 e. The predicted molar refractivity (Wildman–Crippen MR) is 84.1 cm³/mol. The van der Waals surface area contributed by atoms with Crippen molar-refractivity contribution < 1.29 is 9.59 Å². The highest BCUT2D eigenvalue weighted by Crippen LogP contribution is 2.25. The van der Waals surface area contributed by atoms with Crippen LogP contribution in [0.25, 0.3) is 0 Å². The average molecular weight is 317 g/mol. The maximum Gasteiger partial charge on any atom is 0.223 e. The summed E-state index contributed by atoms with van der Waals surface area (Å²) < 4.78 is 0. The SMILES string of the molecule is Cc1cncc(CN2CCC(N3CC(C(N)=O)CC3=O)CC2)n1. The van der Waals surface area contributed by atoms with E-state index in [1.165, 1.54) is 0 Å². The fourth-order valence-corrected chi connectivity index (χ4v) is 3.48. The normalized spacial score (nSPS) is 23.4. The number of carbonyl (C=O) groups is 2. The van der Waals surface area contributed by atoms with Gasteiger partial charge in [0.1, 0.15) is 0 Å². The molecule has 2 aliphatic heterocycles. The van der Waals surface area contributed by atoms with Crippen molar-refractivity contribution >= 4 is 11.8 Å². The van der Waals surface area contributed by atoms with Crippen molar-refractivity contribution in [1.29, 1.82) is 0 Å². The number of piperidine rings is 1. The molecule has 1 unspecified atom stereocenters. The number of hydrogen-bond donors (Lipinski definition) is 1. The van der Waals surface area contributed by atoms with Gasteiger partial charge in [0.15, 0.2) is 0 Å². The summed E-state index contributed by atoms with van der Waals surface area (Å²) >= 11 is 0. The van der Waals surface area contributed by atoms with Gasteiger partial charge in [0, 0.05) is 51.0 Å². The molecular weight excluding hydrogens is 294 g/mol. The number of likely N-dealkylation sites (tertiary alicyclic amines) is 2. The Hall–Kier alpha value is -2.02. The van der Waals surface area contributed by atoms with Crippen molar-refractivity contribution in [3.8, 4) is 0 Å². The van der Waals surface area contributed by atoms with Crippen LogP contribution >= 0.6 is 0 Å². The van der Waals surface area contributed by atoms with Crippen LogP contribution in [0.5, 0.6) is 0 Å². The van der Waals surface area contributed by atoms with E-state index < -0.39 is 0 Å². The molecule has 3 heterocycles. The number of rotatable bonds is 4. The molecule has 3 rings (SSSR count). The summed E-state index contributed by atoms with van der Waals surface area (Å²) in [6.07, 6.45) is 5.69. The van der Waals surface area contributed by atoms with E-state index in [1.54, 1.807) is 12.4 Å². The van der Waals surface area contributed by atoms with Crippen molar-refractivity contribution in [2.75, 3.05) is 19.6 Å². The second-order valence-electron chi connectivity index (χ2n) is 6.51. The molecule has 2 amide bonds. The molecule has 1 aromatic heterocycles. The first kappa shape index (κ1) is 15.9. The lowest BCUT2D eigenvalue weighted by atomic mass is 10.0. The molecule has 7 nitrogen and oxygen atoms in total. The molecule has 0 aromatic carbocycles. The third-order valence-electron chi connectivity index (χ3n) is 4.75. The molecular formula is C16H23N5O2. The Morgan fingerprint density at radius 3 is 2.70 bits per heavy atom. The molecule has 2 aliphatic rings. The first-order valence-corrected chi connectivity index (χ1v) is 8.11. The monoisotopic (exact) mass is 317 g/mol. The predicted octanol–water partition coefficient (Wildman–Crippen LogP) is 0.0832. The fraction of sp³-hybridized carbons (Fsp3) is 0.625. The number of amides is 2. The summed E-state index contributed by atoms with van der Waals surface area (Å²) in [6.45, 7) is 5.06. The van der Waals surface area contributed by atoms with Gasteiger partial charge >= 0.3 is 0 Å². The Balaban J connectivity index is 1.52. The Morgan fingerprint density at radius 2 is 2.09 bits per heavy atom. The molecule has 1 atom stereocenters. The van der Waals surface area contributed by atoms with Gasteiger partial charge in [-0.3, -0.25) is 24.5 Å². The Morgan fingerprint density at radius 1 is 1.35 bits per heavy atom. The molecule has 0 radical (unpaired) electrons. The molecule has 23 heavy (non-hydrogen) atoms. The molecule has 124 valence electrons. The Labute approximate surface area is 135 Å². The number of primary amides is 1. The molecule has 7 heteroatoms. The zero-order valence-electron chi connectivity index (χ0n) is 13.4.